The topological polar surface area (TPSA) is 27.0 Å². The molecule has 0 spiro atoms. The van der Waals surface area contributed by atoms with Crippen LogP contribution in [-0.4, -0.2) is 13.1 Å². The molecule has 96 valence electrons. The van der Waals surface area contributed by atoms with E-state index in [9.17, 15) is 5.26 Å². The molecular formula is C16H22N2. The average Bonchev–Trinajstić information content (AvgIpc) is 2.38. The number of aryl methyl sites for hydroxylation is 1. The average molecular weight is 242 g/mol. The fourth-order valence-electron chi connectivity index (χ4n) is 3.08. The highest BCUT2D eigenvalue weighted by molar-refractivity contribution is 5.60. The van der Waals surface area contributed by atoms with Gasteiger partial charge in [0.15, 0.2) is 0 Å². The predicted molar refractivity (Wildman–Crippen MR) is 75.7 cm³/mol. The summed E-state index contributed by atoms with van der Waals surface area (Å²) >= 11 is 0. The Morgan fingerprint density at radius 3 is 2.67 bits per heavy atom. The Balaban J connectivity index is 2.30. The molecule has 2 heteroatoms. The van der Waals surface area contributed by atoms with Gasteiger partial charge < -0.3 is 4.90 Å². The highest BCUT2D eigenvalue weighted by atomic mass is 15.1. The fraction of sp³-hybridized carbons (Fsp3) is 0.562. The van der Waals surface area contributed by atoms with Gasteiger partial charge in [0.2, 0.25) is 0 Å². The first kappa shape index (κ1) is 13.0. The highest BCUT2D eigenvalue weighted by Gasteiger charge is 2.26. The summed E-state index contributed by atoms with van der Waals surface area (Å²) in [5.41, 5.74) is 3.11. The predicted octanol–water partition coefficient (Wildman–Crippen LogP) is 3.88. The Morgan fingerprint density at radius 1 is 1.28 bits per heavy atom. The number of hydrogen-bond acceptors (Lipinski definition) is 2. The van der Waals surface area contributed by atoms with Gasteiger partial charge in [0, 0.05) is 13.1 Å². The standard InChI is InChI=1S/C16H22N2/c1-12-8-9-14(11-17)16(10-12)18(3)15-7-5-4-6-13(15)2/h8-10,13,15H,4-7H2,1-3H3. The van der Waals surface area contributed by atoms with Crippen LogP contribution in [0.5, 0.6) is 0 Å². The smallest absolute Gasteiger partial charge is 0.101 e. The molecule has 1 aliphatic rings. The maximum Gasteiger partial charge on any atom is 0.101 e. The van der Waals surface area contributed by atoms with Crippen molar-refractivity contribution >= 4 is 5.69 Å². The van der Waals surface area contributed by atoms with Crippen molar-refractivity contribution in [1.29, 1.82) is 5.26 Å². The Hall–Kier alpha value is -1.49. The summed E-state index contributed by atoms with van der Waals surface area (Å²) in [5, 5.41) is 9.25. The minimum absolute atomic E-state index is 0.577. The van der Waals surface area contributed by atoms with Crippen molar-refractivity contribution in [1.82, 2.24) is 0 Å². The van der Waals surface area contributed by atoms with E-state index < -0.39 is 0 Å². The molecule has 2 atom stereocenters. The molecule has 0 N–H and O–H groups in total. The first-order valence-corrected chi connectivity index (χ1v) is 6.87. The van der Waals surface area contributed by atoms with Crippen LogP contribution in [0.2, 0.25) is 0 Å². The Kier molecular flexibility index (Phi) is 3.91. The van der Waals surface area contributed by atoms with E-state index in [1.54, 1.807) is 0 Å². The van der Waals surface area contributed by atoms with E-state index in [1.165, 1.54) is 31.2 Å². The zero-order chi connectivity index (χ0) is 13.1. The third-order valence-corrected chi connectivity index (χ3v) is 4.22. The van der Waals surface area contributed by atoms with Crippen LogP contribution in [0.1, 0.15) is 43.7 Å². The first-order valence-electron chi connectivity index (χ1n) is 6.87. The molecular weight excluding hydrogens is 220 g/mol. The molecule has 0 aliphatic heterocycles. The highest BCUT2D eigenvalue weighted by Crippen LogP contribution is 2.32. The summed E-state index contributed by atoms with van der Waals surface area (Å²) < 4.78 is 0. The summed E-state index contributed by atoms with van der Waals surface area (Å²) in [6.07, 6.45) is 5.22. The molecule has 1 fully saturated rings. The number of nitrogens with zero attached hydrogens (tertiary/aromatic N) is 2. The lowest BCUT2D eigenvalue weighted by Crippen LogP contribution is -2.39. The number of rotatable bonds is 2. The van der Waals surface area contributed by atoms with Crippen LogP contribution in [0.25, 0.3) is 0 Å². The van der Waals surface area contributed by atoms with E-state index in [2.05, 4.69) is 37.9 Å². The first-order chi connectivity index (χ1) is 8.63. The SMILES string of the molecule is Cc1ccc(C#N)c(N(C)C2CCCCC2C)c1. The second kappa shape index (κ2) is 5.44. The molecule has 1 aromatic rings. The van der Waals surface area contributed by atoms with E-state index in [4.69, 9.17) is 0 Å². The lowest BCUT2D eigenvalue weighted by Gasteiger charge is -2.38. The zero-order valence-electron chi connectivity index (χ0n) is 11.6. The lowest BCUT2D eigenvalue weighted by atomic mass is 9.84. The molecule has 1 aliphatic carbocycles. The van der Waals surface area contributed by atoms with Gasteiger partial charge in [-0.3, -0.25) is 0 Å². The van der Waals surface area contributed by atoms with Gasteiger partial charge in [-0.05, 0) is 43.4 Å². The van der Waals surface area contributed by atoms with Crippen LogP contribution in [0.15, 0.2) is 18.2 Å². The summed E-state index contributed by atoms with van der Waals surface area (Å²) in [6, 6.07) is 8.98. The summed E-state index contributed by atoms with van der Waals surface area (Å²) in [5.74, 6) is 0.718. The molecule has 2 rings (SSSR count). The quantitative estimate of drug-likeness (QED) is 0.787. The third-order valence-electron chi connectivity index (χ3n) is 4.22. The Morgan fingerprint density at radius 2 is 2.00 bits per heavy atom. The molecule has 0 bridgehead atoms. The molecule has 2 nitrogen and oxygen atoms in total. The van der Waals surface area contributed by atoms with E-state index in [1.807, 2.05) is 12.1 Å². The molecule has 1 aromatic carbocycles. The number of hydrogen-bond donors (Lipinski definition) is 0. The van der Waals surface area contributed by atoms with Crippen molar-refractivity contribution in [3.8, 4) is 6.07 Å². The summed E-state index contributed by atoms with van der Waals surface area (Å²) in [4.78, 5) is 2.33. The van der Waals surface area contributed by atoms with Gasteiger partial charge in [0.05, 0.1) is 11.3 Å². The van der Waals surface area contributed by atoms with Crippen molar-refractivity contribution in [3.05, 3.63) is 29.3 Å². The largest absolute Gasteiger partial charge is 0.370 e. The number of benzene rings is 1. The normalized spacial score (nSPS) is 23.4. The second-order valence-corrected chi connectivity index (χ2v) is 5.57. The van der Waals surface area contributed by atoms with E-state index >= 15 is 0 Å². The fourth-order valence-corrected chi connectivity index (χ4v) is 3.08. The summed E-state index contributed by atoms with van der Waals surface area (Å²) in [7, 11) is 2.14. The van der Waals surface area contributed by atoms with Gasteiger partial charge in [0.1, 0.15) is 6.07 Å². The van der Waals surface area contributed by atoms with Crippen LogP contribution in [0.4, 0.5) is 5.69 Å². The second-order valence-electron chi connectivity index (χ2n) is 5.57. The van der Waals surface area contributed by atoms with E-state index in [-0.39, 0.29) is 0 Å². The van der Waals surface area contributed by atoms with Gasteiger partial charge in [-0.25, -0.2) is 0 Å². The van der Waals surface area contributed by atoms with Crippen LogP contribution in [-0.2, 0) is 0 Å². The third kappa shape index (κ3) is 2.51. The van der Waals surface area contributed by atoms with Crippen molar-refractivity contribution in [3.63, 3.8) is 0 Å². The molecule has 18 heavy (non-hydrogen) atoms. The molecule has 2 unspecified atom stereocenters. The Labute approximate surface area is 110 Å². The molecule has 0 radical (unpaired) electrons. The zero-order valence-corrected chi connectivity index (χ0v) is 11.6. The van der Waals surface area contributed by atoms with Crippen LogP contribution >= 0.6 is 0 Å². The molecule has 1 saturated carbocycles. The maximum atomic E-state index is 9.25. The summed E-state index contributed by atoms with van der Waals surface area (Å²) in [6.45, 7) is 4.42. The molecule has 0 aromatic heterocycles. The van der Waals surface area contributed by atoms with Gasteiger partial charge in [0.25, 0.3) is 0 Å². The van der Waals surface area contributed by atoms with Crippen LogP contribution < -0.4 is 4.90 Å². The van der Waals surface area contributed by atoms with Crippen molar-refractivity contribution < 1.29 is 0 Å². The van der Waals surface area contributed by atoms with Crippen molar-refractivity contribution in [2.75, 3.05) is 11.9 Å². The minimum atomic E-state index is 0.577. The Bertz CT molecular complexity index is 459. The minimum Gasteiger partial charge on any atom is -0.370 e. The monoisotopic (exact) mass is 242 g/mol. The van der Waals surface area contributed by atoms with Gasteiger partial charge in [-0.15, -0.1) is 0 Å². The van der Waals surface area contributed by atoms with Crippen molar-refractivity contribution in [2.45, 2.75) is 45.6 Å². The number of anilines is 1. The van der Waals surface area contributed by atoms with Crippen molar-refractivity contribution in [2.24, 2.45) is 5.92 Å². The van der Waals surface area contributed by atoms with Gasteiger partial charge >= 0.3 is 0 Å². The lowest BCUT2D eigenvalue weighted by molar-refractivity contribution is 0.321. The van der Waals surface area contributed by atoms with Gasteiger partial charge in [-0.2, -0.15) is 5.26 Å². The maximum absolute atomic E-state index is 9.25. The molecule has 0 saturated heterocycles. The van der Waals surface area contributed by atoms with Gasteiger partial charge in [-0.1, -0.05) is 25.8 Å². The number of nitriles is 1. The van der Waals surface area contributed by atoms with E-state index in [0.29, 0.717) is 6.04 Å². The van der Waals surface area contributed by atoms with Crippen LogP contribution in [0.3, 0.4) is 0 Å². The molecule has 0 heterocycles. The van der Waals surface area contributed by atoms with E-state index in [0.717, 1.165) is 17.2 Å². The molecule has 0 amide bonds. The van der Waals surface area contributed by atoms with Crippen LogP contribution in [0, 0.1) is 24.2 Å².